The number of anilines is 1. The third kappa shape index (κ3) is 4.66. The highest BCUT2D eigenvalue weighted by Crippen LogP contribution is 2.23. The lowest BCUT2D eigenvalue weighted by Gasteiger charge is -2.34. The zero-order valence-corrected chi connectivity index (χ0v) is 16.5. The molecule has 29 heavy (non-hydrogen) atoms. The van der Waals surface area contributed by atoms with Crippen molar-refractivity contribution in [2.24, 2.45) is 5.92 Å². The summed E-state index contributed by atoms with van der Waals surface area (Å²) in [6, 6.07) is 9.25. The first kappa shape index (κ1) is 19.6. The highest BCUT2D eigenvalue weighted by Gasteiger charge is 2.28. The van der Waals surface area contributed by atoms with Crippen LogP contribution in [0.3, 0.4) is 0 Å². The number of aromatic nitrogens is 2. The van der Waals surface area contributed by atoms with E-state index < -0.39 is 5.82 Å². The number of piperidine rings is 1. The summed E-state index contributed by atoms with van der Waals surface area (Å²) >= 11 is 0. The van der Waals surface area contributed by atoms with Crippen LogP contribution in [0.25, 0.3) is 5.69 Å². The lowest BCUT2D eigenvalue weighted by Crippen LogP contribution is -2.46. The molecule has 154 valence electrons. The number of benzene rings is 1. The van der Waals surface area contributed by atoms with Crippen LogP contribution in [0.4, 0.5) is 10.2 Å². The molecular weight excluding hydrogens is 371 g/mol. The van der Waals surface area contributed by atoms with Crippen molar-refractivity contribution in [1.29, 1.82) is 0 Å². The summed E-state index contributed by atoms with van der Waals surface area (Å²) in [5.41, 5.74) is 0.0726. The van der Waals surface area contributed by atoms with Crippen LogP contribution in [0, 0.1) is 11.7 Å². The van der Waals surface area contributed by atoms with Crippen LogP contribution < -0.4 is 15.8 Å². The summed E-state index contributed by atoms with van der Waals surface area (Å²) in [7, 11) is 0. The van der Waals surface area contributed by atoms with Crippen LogP contribution in [0.5, 0.6) is 0 Å². The van der Waals surface area contributed by atoms with Gasteiger partial charge in [-0.1, -0.05) is 25.3 Å². The number of carbonyl (C=O) groups is 1. The minimum Gasteiger partial charge on any atom is -0.354 e. The largest absolute Gasteiger partial charge is 0.354 e. The van der Waals surface area contributed by atoms with Gasteiger partial charge in [0, 0.05) is 25.2 Å². The smallest absolute Gasteiger partial charge is 0.271 e. The Hall–Kier alpha value is -2.70. The topological polar surface area (TPSA) is 67.2 Å². The summed E-state index contributed by atoms with van der Waals surface area (Å²) < 4.78 is 14.8. The number of amides is 1. The van der Waals surface area contributed by atoms with Crippen LogP contribution in [0.15, 0.2) is 41.2 Å². The minimum atomic E-state index is -0.418. The highest BCUT2D eigenvalue weighted by molar-refractivity contribution is 5.79. The molecule has 1 unspecified atom stereocenters. The standard InChI is InChI=1S/C22H27FN4O2/c23-17-7-4-10-19(14-17)27-21(28)12-11-20(25-27)26-13-5-6-16(15-26)22(29)24-18-8-2-1-3-9-18/h4,7,10-12,14,16,18H,1-3,5-6,8-9,13,15H2,(H,24,29). The van der Waals surface area contributed by atoms with E-state index in [-0.39, 0.29) is 17.4 Å². The fourth-order valence-electron chi connectivity index (χ4n) is 4.33. The van der Waals surface area contributed by atoms with Gasteiger partial charge in [0.15, 0.2) is 0 Å². The summed E-state index contributed by atoms with van der Waals surface area (Å²) in [5, 5.41) is 7.68. The van der Waals surface area contributed by atoms with Gasteiger partial charge in [0.25, 0.3) is 5.56 Å². The van der Waals surface area contributed by atoms with E-state index in [2.05, 4.69) is 10.4 Å². The number of halogens is 1. The number of hydrogen-bond donors (Lipinski definition) is 1. The van der Waals surface area contributed by atoms with Gasteiger partial charge in [-0.25, -0.2) is 4.39 Å². The van der Waals surface area contributed by atoms with Crippen LogP contribution in [-0.4, -0.2) is 34.8 Å². The van der Waals surface area contributed by atoms with Gasteiger partial charge in [0.05, 0.1) is 11.6 Å². The first-order valence-electron chi connectivity index (χ1n) is 10.5. The van der Waals surface area contributed by atoms with Gasteiger partial charge < -0.3 is 10.2 Å². The van der Waals surface area contributed by atoms with Crippen molar-refractivity contribution in [3.05, 3.63) is 52.6 Å². The van der Waals surface area contributed by atoms with E-state index in [0.717, 1.165) is 32.2 Å². The number of hydrogen-bond acceptors (Lipinski definition) is 4. The summed E-state index contributed by atoms with van der Waals surface area (Å²) in [6.45, 7) is 1.36. The Balaban J connectivity index is 1.48. The second-order valence-electron chi connectivity index (χ2n) is 8.05. The monoisotopic (exact) mass is 398 g/mol. The molecule has 1 saturated carbocycles. The molecule has 0 spiro atoms. The Labute approximate surface area is 169 Å². The maximum absolute atomic E-state index is 13.6. The van der Waals surface area contributed by atoms with Crippen molar-refractivity contribution in [3.8, 4) is 5.69 Å². The molecule has 1 aliphatic carbocycles. The van der Waals surface area contributed by atoms with E-state index in [4.69, 9.17) is 0 Å². The number of carbonyl (C=O) groups excluding carboxylic acids is 1. The first-order chi connectivity index (χ1) is 14.1. The lowest BCUT2D eigenvalue weighted by molar-refractivity contribution is -0.126. The van der Waals surface area contributed by atoms with Gasteiger partial charge >= 0.3 is 0 Å². The fraction of sp³-hybridized carbons (Fsp3) is 0.500. The predicted molar refractivity (Wildman–Crippen MR) is 110 cm³/mol. The molecule has 2 heterocycles. The average Bonchev–Trinajstić information content (AvgIpc) is 2.75. The second kappa shape index (κ2) is 8.76. The molecule has 2 aromatic rings. The molecule has 1 aliphatic heterocycles. The molecular formula is C22H27FN4O2. The third-order valence-electron chi connectivity index (χ3n) is 5.91. The van der Waals surface area contributed by atoms with E-state index >= 15 is 0 Å². The maximum Gasteiger partial charge on any atom is 0.271 e. The Morgan fingerprint density at radius 2 is 1.90 bits per heavy atom. The Bertz CT molecular complexity index is 923. The minimum absolute atomic E-state index is 0.0815. The van der Waals surface area contributed by atoms with Crippen molar-refractivity contribution in [1.82, 2.24) is 15.1 Å². The quantitative estimate of drug-likeness (QED) is 0.860. The van der Waals surface area contributed by atoms with E-state index in [1.165, 1.54) is 42.1 Å². The molecule has 4 rings (SSSR count). The Kier molecular flexibility index (Phi) is 5.92. The molecule has 1 aromatic heterocycles. The highest BCUT2D eigenvalue weighted by atomic mass is 19.1. The molecule has 1 saturated heterocycles. The molecule has 1 atom stereocenters. The zero-order valence-electron chi connectivity index (χ0n) is 16.5. The zero-order chi connectivity index (χ0) is 20.2. The van der Waals surface area contributed by atoms with Gasteiger partial charge in [0.1, 0.15) is 11.6 Å². The van der Waals surface area contributed by atoms with Crippen molar-refractivity contribution >= 4 is 11.7 Å². The lowest BCUT2D eigenvalue weighted by atomic mass is 9.93. The van der Waals surface area contributed by atoms with E-state index in [1.807, 2.05) is 4.90 Å². The van der Waals surface area contributed by atoms with Gasteiger partial charge in [-0.15, -0.1) is 5.10 Å². The van der Waals surface area contributed by atoms with Crippen LogP contribution in [-0.2, 0) is 4.79 Å². The molecule has 1 N–H and O–H groups in total. The number of nitrogens with zero attached hydrogens (tertiary/aromatic N) is 3. The molecule has 2 fully saturated rings. The molecule has 1 amide bonds. The van der Waals surface area contributed by atoms with E-state index in [9.17, 15) is 14.0 Å². The number of nitrogens with one attached hydrogen (secondary N) is 1. The summed E-state index contributed by atoms with van der Waals surface area (Å²) in [6.07, 6.45) is 7.53. The normalized spacial score (nSPS) is 20.4. The van der Waals surface area contributed by atoms with Gasteiger partial charge in [0.2, 0.25) is 5.91 Å². The summed E-state index contributed by atoms with van der Waals surface area (Å²) in [4.78, 5) is 27.1. The van der Waals surface area contributed by atoms with Crippen molar-refractivity contribution in [3.63, 3.8) is 0 Å². The van der Waals surface area contributed by atoms with Crippen LogP contribution in [0.2, 0.25) is 0 Å². The molecule has 0 radical (unpaired) electrons. The third-order valence-corrected chi connectivity index (χ3v) is 5.91. The van der Waals surface area contributed by atoms with Gasteiger partial charge in [-0.2, -0.15) is 4.68 Å². The summed E-state index contributed by atoms with van der Waals surface area (Å²) in [5.74, 6) is 0.255. The van der Waals surface area contributed by atoms with Crippen molar-refractivity contribution < 1.29 is 9.18 Å². The van der Waals surface area contributed by atoms with Crippen LogP contribution in [0.1, 0.15) is 44.9 Å². The average molecular weight is 398 g/mol. The Morgan fingerprint density at radius 3 is 2.69 bits per heavy atom. The predicted octanol–water partition coefficient (Wildman–Crippen LogP) is 3.04. The van der Waals surface area contributed by atoms with E-state index in [1.54, 1.807) is 18.2 Å². The molecule has 6 nitrogen and oxygen atoms in total. The first-order valence-corrected chi connectivity index (χ1v) is 10.5. The van der Waals surface area contributed by atoms with Gasteiger partial charge in [-0.05, 0) is 49.9 Å². The number of rotatable bonds is 4. The van der Waals surface area contributed by atoms with Crippen molar-refractivity contribution in [2.75, 3.05) is 18.0 Å². The van der Waals surface area contributed by atoms with Gasteiger partial charge in [-0.3, -0.25) is 9.59 Å². The molecule has 1 aromatic carbocycles. The fourth-order valence-corrected chi connectivity index (χ4v) is 4.33. The maximum atomic E-state index is 13.6. The molecule has 2 aliphatic rings. The van der Waals surface area contributed by atoms with Crippen LogP contribution >= 0.6 is 0 Å². The molecule has 7 heteroatoms. The SMILES string of the molecule is O=C(NC1CCCCC1)C1CCCN(c2ccc(=O)n(-c3cccc(F)c3)n2)C1. The molecule has 0 bridgehead atoms. The van der Waals surface area contributed by atoms with E-state index in [0.29, 0.717) is 24.1 Å². The van der Waals surface area contributed by atoms with Crippen molar-refractivity contribution in [2.45, 2.75) is 51.0 Å². The second-order valence-corrected chi connectivity index (χ2v) is 8.05. The Morgan fingerprint density at radius 1 is 1.07 bits per heavy atom.